The van der Waals surface area contributed by atoms with Crippen molar-refractivity contribution in [2.75, 3.05) is 0 Å². The molecule has 0 aromatic carbocycles. The van der Waals surface area contributed by atoms with Crippen LogP contribution in [0.2, 0.25) is 0 Å². The van der Waals surface area contributed by atoms with Crippen molar-refractivity contribution in [2.45, 2.75) is 19.4 Å². The first-order valence-electron chi connectivity index (χ1n) is 4.06. The van der Waals surface area contributed by atoms with E-state index in [4.69, 9.17) is 0 Å². The van der Waals surface area contributed by atoms with Gasteiger partial charge < -0.3 is 4.98 Å². The van der Waals surface area contributed by atoms with Gasteiger partial charge in [0.05, 0.1) is 0 Å². The zero-order chi connectivity index (χ0) is 8.55. The zero-order valence-corrected chi connectivity index (χ0v) is 6.62. The Labute approximate surface area is 68.9 Å². The van der Waals surface area contributed by atoms with E-state index in [1.54, 1.807) is 0 Å². The van der Waals surface area contributed by atoms with Crippen LogP contribution in [0.1, 0.15) is 12.8 Å². The van der Waals surface area contributed by atoms with Gasteiger partial charge in [-0.2, -0.15) is 0 Å². The SMILES string of the molecule is O=c1cc[nH]c(=O)n1CC1CC1. The van der Waals surface area contributed by atoms with Gasteiger partial charge in [0.2, 0.25) is 0 Å². The summed E-state index contributed by atoms with van der Waals surface area (Å²) in [4.78, 5) is 24.7. The minimum atomic E-state index is -0.297. The Kier molecular flexibility index (Phi) is 1.60. The highest BCUT2D eigenvalue weighted by Gasteiger charge is 2.22. The molecule has 0 amide bonds. The van der Waals surface area contributed by atoms with Gasteiger partial charge in [-0.05, 0) is 18.8 Å². The fourth-order valence-electron chi connectivity index (χ4n) is 1.18. The van der Waals surface area contributed by atoms with Gasteiger partial charge in [0.25, 0.3) is 5.56 Å². The Morgan fingerprint density at radius 2 is 2.25 bits per heavy atom. The minimum Gasteiger partial charge on any atom is -0.314 e. The van der Waals surface area contributed by atoms with Crippen molar-refractivity contribution in [1.82, 2.24) is 9.55 Å². The first-order chi connectivity index (χ1) is 5.77. The number of hydrogen-bond acceptors (Lipinski definition) is 2. The second-order valence-electron chi connectivity index (χ2n) is 3.18. The van der Waals surface area contributed by atoms with E-state index in [1.165, 1.54) is 16.8 Å². The van der Waals surface area contributed by atoms with Crippen LogP contribution in [0, 0.1) is 5.92 Å². The summed E-state index contributed by atoms with van der Waals surface area (Å²) >= 11 is 0. The van der Waals surface area contributed by atoms with Crippen molar-refractivity contribution in [3.8, 4) is 0 Å². The summed E-state index contributed by atoms with van der Waals surface area (Å²) in [6.45, 7) is 0.578. The summed E-state index contributed by atoms with van der Waals surface area (Å²) in [5.74, 6) is 0.547. The molecule has 0 saturated heterocycles. The van der Waals surface area contributed by atoms with Crippen LogP contribution < -0.4 is 11.2 Å². The van der Waals surface area contributed by atoms with Crippen LogP contribution in [0.25, 0.3) is 0 Å². The maximum Gasteiger partial charge on any atom is 0.328 e. The van der Waals surface area contributed by atoms with Crippen molar-refractivity contribution in [2.24, 2.45) is 5.92 Å². The lowest BCUT2D eigenvalue weighted by Crippen LogP contribution is -2.34. The average Bonchev–Trinajstić information content (AvgIpc) is 2.80. The molecule has 1 N–H and O–H groups in total. The molecule has 2 rings (SSSR count). The molecule has 1 heterocycles. The number of nitrogens with zero attached hydrogens (tertiary/aromatic N) is 1. The average molecular weight is 166 g/mol. The Morgan fingerprint density at radius 3 is 2.83 bits per heavy atom. The lowest BCUT2D eigenvalue weighted by molar-refractivity contribution is 0.575. The van der Waals surface area contributed by atoms with Gasteiger partial charge >= 0.3 is 5.69 Å². The van der Waals surface area contributed by atoms with Crippen LogP contribution in [0.15, 0.2) is 21.9 Å². The van der Waals surface area contributed by atoms with Crippen LogP contribution in [0.4, 0.5) is 0 Å². The van der Waals surface area contributed by atoms with Crippen LogP contribution in [0.3, 0.4) is 0 Å². The van der Waals surface area contributed by atoms with Crippen molar-refractivity contribution in [3.05, 3.63) is 33.1 Å². The summed E-state index contributed by atoms with van der Waals surface area (Å²) in [7, 11) is 0. The van der Waals surface area contributed by atoms with E-state index in [0.717, 1.165) is 12.8 Å². The molecule has 1 aliphatic rings. The zero-order valence-electron chi connectivity index (χ0n) is 6.62. The Morgan fingerprint density at radius 1 is 1.50 bits per heavy atom. The number of aromatic amines is 1. The van der Waals surface area contributed by atoms with Crippen LogP contribution in [-0.2, 0) is 6.54 Å². The van der Waals surface area contributed by atoms with Crippen LogP contribution in [0.5, 0.6) is 0 Å². The van der Waals surface area contributed by atoms with Crippen molar-refractivity contribution < 1.29 is 0 Å². The second kappa shape index (κ2) is 2.62. The van der Waals surface area contributed by atoms with Gasteiger partial charge in [0, 0.05) is 18.8 Å². The Hall–Kier alpha value is -1.32. The summed E-state index contributed by atoms with van der Waals surface area (Å²) in [5, 5.41) is 0. The van der Waals surface area contributed by atoms with E-state index < -0.39 is 0 Å². The highest BCUT2D eigenvalue weighted by atomic mass is 16.2. The van der Waals surface area contributed by atoms with Crippen LogP contribution >= 0.6 is 0 Å². The van der Waals surface area contributed by atoms with E-state index in [2.05, 4.69) is 4.98 Å². The highest BCUT2D eigenvalue weighted by Crippen LogP contribution is 2.29. The van der Waals surface area contributed by atoms with Gasteiger partial charge in [-0.15, -0.1) is 0 Å². The molecule has 0 bridgehead atoms. The van der Waals surface area contributed by atoms with Crippen molar-refractivity contribution in [3.63, 3.8) is 0 Å². The molecular weight excluding hydrogens is 156 g/mol. The third kappa shape index (κ3) is 1.32. The topological polar surface area (TPSA) is 54.9 Å². The van der Waals surface area contributed by atoms with Gasteiger partial charge in [-0.3, -0.25) is 9.36 Å². The standard InChI is InChI=1S/C8H10N2O2/c11-7-3-4-9-8(12)10(7)5-6-1-2-6/h3-4,6H,1-2,5H2,(H,9,12). The number of aromatic nitrogens is 2. The fourth-order valence-corrected chi connectivity index (χ4v) is 1.18. The van der Waals surface area contributed by atoms with Gasteiger partial charge in [-0.1, -0.05) is 0 Å². The predicted octanol–water partition coefficient (Wildman–Crippen LogP) is -0.0534. The van der Waals surface area contributed by atoms with Gasteiger partial charge in [0.1, 0.15) is 0 Å². The smallest absolute Gasteiger partial charge is 0.314 e. The lowest BCUT2D eigenvalue weighted by Gasteiger charge is -1.99. The van der Waals surface area contributed by atoms with Gasteiger partial charge in [-0.25, -0.2) is 4.79 Å². The fraction of sp³-hybridized carbons (Fsp3) is 0.500. The molecule has 4 nitrogen and oxygen atoms in total. The highest BCUT2D eigenvalue weighted by molar-refractivity contribution is 4.85. The minimum absolute atomic E-state index is 0.203. The lowest BCUT2D eigenvalue weighted by atomic mass is 10.4. The van der Waals surface area contributed by atoms with Crippen molar-refractivity contribution in [1.29, 1.82) is 0 Å². The summed E-state index contributed by atoms with van der Waals surface area (Å²) < 4.78 is 1.26. The summed E-state index contributed by atoms with van der Waals surface area (Å²) in [6.07, 6.45) is 3.66. The number of H-pyrrole nitrogens is 1. The molecule has 1 aromatic heterocycles. The van der Waals surface area contributed by atoms with E-state index in [0.29, 0.717) is 12.5 Å². The largest absolute Gasteiger partial charge is 0.328 e. The van der Waals surface area contributed by atoms with E-state index in [-0.39, 0.29) is 11.2 Å². The number of nitrogens with one attached hydrogen (secondary N) is 1. The van der Waals surface area contributed by atoms with Crippen LogP contribution in [-0.4, -0.2) is 9.55 Å². The molecule has 0 aliphatic heterocycles. The van der Waals surface area contributed by atoms with Crippen molar-refractivity contribution >= 4 is 0 Å². The molecule has 4 heteroatoms. The summed E-state index contributed by atoms with van der Waals surface area (Å²) in [6, 6.07) is 1.38. The molecule has 1 aromatic rings. The molecule has 1 aliphatic carbocycles. The maximum absolute atomic E-state index is 11.1. The third-order valence-electron chi connectivity index (χ3n) is 2.08. The molecular formula is C8H10N2O2. The number of hydrogen-bond donors (Lipinski definition) is 1. The third-order valence-corrected chi connectivity index (χ3v) is 2.08. The molecule has 1 fully saturated rings. The maximum atomic E-state index is 11.1. The normalized spacial score (nSPS) is 16.3. The molecule has 0 atom stereocenters. The molecule has 1 saturated carbocycles. The predicted molar refractivity (Wildman–Crippen MR) is 44.0 cm³/mol. The monoisotopic (exact) mass is 166 g/mol. The van der Waals surface area contributed by atoms with Gasteiger partial charge in [0.15, 0.2) is 0 Å². The molecule has 12 heavy (non-hydrogen) atoms. The molecule has 0 spiro atoms. The van der Waals surface area contributed by atoms with E-state index in [1.807, 2.05) is 0 Å². The Balaban J connectivity index is 2.39. The van der Waals surface area contributed by atoms with E-state index >= 15 is 0 Å². The molecule has 64 valence electrons. The quantitative estimate of drug-likeness (QED) is 0.669. The number of rotatable bonds is 2. The summed E-state index contributed by atoms with van der Waals surface area (Å²) in [5.41, 5.74) is -0.500. The first-order valence-corrected chi connectivity index (χ1v) is 4.06. The molecule has 0 unspecified atom stereocenters. The van der Waals surface area contributed by atoms with E-state index in [9.17, 15) is 9.59 Å². The second-order valence-corrected chi connectivity index (χ2v) is 3.18. The Bertz CT molecular complexity index is 358. The first kappa shape index (κ1) is 7.34. The molecule has 0 radical (unpaired) electrons.